The Balaban J connectivity index is 0.977. The number of carbonyl (C=O) groups is 4. The molecule has 0 N–H and O–H groups in total. The van der Waals surface area contributed by atoms with E-state index in [1.807, 2.05) is 0 Å². The lowest BCUT2D eigenvalue weighted by molar-refractivity contribution is -0.145. The summed E-state index contributed by atoms with van der Waals surface area (Å²) in [5, 5.41) is 0. The molecule has 4 amide bonds. The SMILES string of the molecule is O=C1[C@H]2CCCC[C@H]2C(=O)N1C1CCC(CC2CCC(N3C(=O)[C@@H]4CCCC[C@H]4C3=O)CC2)CC1. The molecule has 2 saturated heterocycles. The van der Waals surface area contributed by atoms with Gasteiger partial charge in [-0.05, 0) is 95.3 Å². The van der Waals surface area contributed by atoms with Gasteiger partial charge < -0.3 is 0 Å². The molecule has 0 radical (unpaired) electrons. The number of nitrogens with zero attached hydrogens (tertiary/aromatic N) is 2. The summed E-state index contributed by atoms with van der Waals surface area (Å²) in [5.74, 6) is 1.79. The van der Waals surface area contributed by atoms with Gasteiger partial charge in [0, 0.05) is 12.1 Å². The van der Waals surface area contributed by atoms with Crippen LogP contribution in [0.5, 0.6) is 0 Å². The minimum atomic E-state index is -0.0255. The molecule has 4 saturated carbocycles. The van der Waals surface area contributed by atoms with Crippen LogP contribution in [0.1, 0.15) is 109 Å². The highest BCUT2D eigenvalue weighted by Gasteiger charge is 2.52. The van der Waals surface area contributed by atoms with Crippen molar-refractivity contribution in [2.45, 2.75) is 121 Å². The van der Waals surface area contributed by atoms with Gasteiger partial charge in [0.05, 0.1) is 23.7 Å². The van der Waals surface area contributed by atoms with Gasteiger partial charge >= 0.3 is 0 Å². The molecule has 6 nitrogen and oxygen atoms in total. The van der Waals surface area contributed by atoms with Gasteiger partial charge in [-0.25, -0.2) is 0 Å². The Kier molecular flexibility index (Phi) is 6.51. The highest BCUT2D eigenvalue weighted by Crippen LogP contribution is 2.44. The standard InChI is InChI=1S/C29H42N2O4/c32-26-22-5-1-2-6-23(22)27(33)30(26)20-13-9-18(10-14-20)17-19-11-15-21(16-12-19)31-28(34)24-7-3-4-8-25(24)29(31)35/h18-25H,1-17H2/t18?,19?,20?,21?,22-,23-,24-,25+/m1/s1. The summed E-state index contributed by atoms with van der Waals surface area (Å²) in [5.41, 5.74) is 0. The molecule has 4 aliphatic carbocycles. The van der Waals surface area contributed by atoms with Crippen molar-refractivity contribution < 1.29 is 19.2 Å². The normalized spacial score (nSPS) is 42.4. The average Bonchev–Trinajstić information content (AvgIpc) is 3.30. The van der Waals surface area contributed by atoms with Crippen LogP contribution in [0, 0.1) is 35.5 Å². The van der Waals surface area contributed by atoms with E-state index in [-0.39, 0.29) is 59.4 Å². The third kappa shape index (κ3) is 4.17. The van der Waals surface area contributed by atoms with E-state index in [2.05, 4.69) is 0 Å². The maximum Gasteiger partial charge on any atom is 0.233 e. The molecule has 6 aliphatic rings. The first-order valence-corrected chi connectivity index (χ1v) is 14.8. The van der Waals surface area contributed by atoms with Gasteiger partial charge in [-0.2, -0.15) is 0 Å². The maximum atomic E-state index is 13.0. The van der Waals surface area contributed by atoms with Crippen molar-refractivity contribution >= 4 is 23.6 Å². The Bertz CT molecular complexity index is 752. The van der Waals surface area contributed by atoms with Crippen LogP contribution in [0.15, 0.2) is 0 Å². The molecular weight excluding hydrogens is 440 g/mol. The molecule has 0 aromatic carbocycles. The van der Waals surface area contributed by atoms with Gasteiger partial charge in [-0.3, -0.25) is 29.0 Å². The molecule has 6 heteroatoms. The van der Waals surface area contributed by atoms with E-state index < -0.39 is 0 Å². The van der Waals surface area contributed by atoms with Gasteiger partial charge in [0.25, 0.3) is 0 Å². The smallest absolute Gasteiger partial charge is 0.233 e. The summed E-state index contributed by atoms with van der Waals surface area (Å²) >= 11 is 0. The van der Waals surface area contributed by atoms with Crippen LogP contribution < -0.4 is 0 Å². The van der Waals surface area contributed by atoms with Crippen molar-refractivity contribution in [3.05, 3.63) is 0 Å². The molecule has 2 aliphatic heterocycles. The molecule has 2 heterocycles. The third-order valence-corrected chi connectivity index (χ3v) is 10.8. The molecule has 6 fully saturated rings. The van der Waals surface area contributed by atoms with E-state index in [1.54, 1.807) is 9.80 Å². The summed E-state index contributed by atoms with van der Waals surface area (Å²) < 4.78 is 0. The summed E-state index contributed by atoms with van der Waals surface area (Å²) in [7, 11) is 0. The zero-order valence-corrected chi connectivity index (χ0v) is 21.2. The van der Waals surface area contributed by atoms with Crippen LogP contribution in [-0.2, 0) is 19.2 Å². The second-order valence-electron chi connectivity index (χ2n) is 12.7. The monoisotopic (exact) mass is 482 g/mol. The second kappa shape index (κ2) is 9.63. The van der Waals surface area contributed by atoms with Gasteiger partial charge in [0.15, 0.2) is 0 Å². The van der Waals surface area contributed by atoms with Gasteiger partial charge in [0.1, 0.15) is 0 Å². The number of likely N-dealkylation sites (tertiary alicyclic amines) is 2. The molecule has 6 rings (SSSR count). The molecule has 0 unspecified atom stereocenters. The minimum absolute atomic E-state index is 0.0255. The largest absolute Gasteiger partial charge is 0.279 e. The first-order chi connectivity index (χ1) is 17.0. The van der Waals surface area contributed by atoms with E-state index in [0.717, 1.165) is 103 Å². The van der Waals surface area contributed by atoms with Gasteiger partial charge in [-0.1, -0.05) is 25.7 Å². The fourth-order valence-corrected chi connectivity index (χ4v) is 8.84. The Morgan fingerprint density at radius 3 is 1.00 bits per heavy atom. The minimum Gasteiger partial charge on any atom is -0.279 e. The van der Waals surface area contributed by atoms with Crippen molar-refractivity contribution in [2.24, 2.45) is 35.5 Å². The van der Waals surface area contributed by atoms with Crippen molar-refractivity contribution in [2.75, 3.05) is 0 Å². The molecule has 0 spiro atoms. The quantitative estimate of drug-likeness (QED) is 0.537. The van der Waals surface area contributed by atoms with Crippen molar-refractivity contribution in [1.82, 2.24) is 9.80 Å². The highest BCUT2D eigenvalue weighted by molar-refractivity contribution is 6.06. The number of carbonyl (C=O) groups excluding carboxylic acids is 4. The fourth-order valence-electron chi connectivity index (χ4n) is 8.84. The third-order valence-electron chi connectivity index (χ3n) is 10.8. The van der Waals surface area contributed by atoms with Gasteiger partial charge in [-0.15, -0.1) is 0 Å². The molecule has 4 atom stereocenters. The van der Waals surface area contributed by atoms with Crippen LogP contribution in [0.4, 0.5) is 0 Å². The van der Waals surface area contributed by atoms with Crippen LogP contribution in [0.2, 0.25) is 0 Å². The number of fused-ring (bicyclic) bond motifs is 2. The van der Waals surface area contributed by atoms with E-state index in [0.29, 0.717) is 11.8 Å². The Hall–Kier alpha value is -1.72. The fraction of sp³-hybridized carbons (Fsp3) is 0.862. The van der Waals surface area contributed by atoms with E-state index in [9.17, 15) is 19.2 Å². The Labute approximate surface area is 209 Å². The van der Waals surface area contributed by atoms with Crippen LogP contribution in [0.3, 0.4) is 0 Å². The lowest BCUT2D eigenvalue weighted by atomic mass is 9.75. The second-order valence-corrected chi connectivity index (χ2v) is 12.7. The molecular formula is C29H42N2O4. The number of rotatable bonds is 4. The first-order valence-electron chi connectivity index (χ1n) is 14.8. The van der Waals surface area contributed by atoms with Crippen molar-refractivity contribution in [3.8, 4) is 0 Å². The van der Waals surface area contributed by atoms with E-state index in [1.165, 1.54) is 6.42 Å². The predicted octanol–water partition coefficient (Wildman–Crippen LogP) is 4.84. The van der Waals surface area contributed by atoms with Gasteiger partial charge in [0.2, 0.25) is 23.6 Å². The lowest BCUT2D eigenvalue weighted by Crippen LogP contribution is -2.43. The van der Waals surface area contributed by atoms with Crippen LogP contribution in [0.25, 0.3) is 0 Å². The Morgan fingerprint density at radius 1 is 0.429 bits per heavy atom. The number of imide groups is 2. The topological polar surface area (TPSA) is 74.8 Å². The summed E-state index contributed by atoms with van der Waals surface area (Å²) in [6.45, 7) is 0. The number of hydrogen-bond acceptors (Lipinski definition) is 4. The highest BCUT2D eigenvalue weighted by atomic mass is 16.2. The zero-order valence-electron chi connectivity index (χ0n) is 21.2. The Morgan fingerprint density at radius 2 is 0.714 bits per heavy atom. The molecule has 35 heavy (non-hydrogen) atoms. The zero-order chi connectivity index (χ0) is 24.1. The van der Waals surface area contributed by atoms with E-state index >= 15 is 0 Å². The molecule has 0 aromatic heterocycles. The molecule has 0 aromatic rings. The van der Waals surface area contributed by atoms with Crippen LogP contribution >= 0.6 is 0 Å². The summed E-state index contributed by atoms with van der Waals surface area (Å²) in [6.07, 6.45) is 17.5. The summed E-state index contributed by atoms with van der Waals surface area (Å²) in [6, 6.07) is 0.256. The van der Waals surface area contributed by atoms with Crippen molar-refractivity contribution in [1.29, 1.82) is 0 Å². The van der Waals surface area contributed by atoms with Crippen LogP contribution in [-0.4, -0.2) is 45.5 Å². The predicted molar refractivity (Wildman–Crippen MR) is 131 cm³/mol. The van der Waals surface area contributed by atoms with E-state index in [4.69, 9.17) is 0 Å². The molecule has 0 bridgehead atoms. The maximum absolute atomic E-state index is 13.0. The average molecular weight is 483 g/mol. The number of amides is 4. The number of hydrogen-bond donors (Lipinski definition) is 0. The first kappa shape index (κ1) is 23.7. The van der Waals surface area contributed by atoms with Crippen molar-refractivity contribution in [3.63, 3.8) is 0 Å². The summed E-state index contributed by atoms with van der Waals surface area (Å²) in [4.78, 5) is 55.3. The molecule has 192 valence electrons. The lowest BCUT2D eigenvalue weighted by Gasteiger charge is -2.38.